The van der Waals surface area contributed by atoms with Crippen LogP contribution in [0.2, 0.25) is 0 Å². The van der Waals surface area contributed by atoms with Crippen LogP contribution in [-0.2, 0) is 0 Å². The molecule has 1 aromatic rings. The molecule has 0 aliphatic rings. The second-order valence-corrected chi connectivity index (χ2v) is 5.82. The summed E-state index contributed by atoms with van der Waals surface area (Å²) in [5.74, 6) is 1.49. The number of thioether (sulfide) groups is 1. The molecule has 4 nitrogen and oxygen atoms in total. The van der Waals surface area contributed by atoms with Gasteiger partial charge in [-0.05, 0) is 26.2 Å². The van der Waals surface area contributed by atoms with Gasteiger partial charge in [-0.2, -0.15) is 11.8 Å². The van der Waals surface area contributed by atoms with E-state index in [1.54, 1.807) is 31.9 Å². The van der Waals surface area contributed by atoms with E-state index in [9.17, 15) is 10.2 Å². The van der Waals surface area contributed by atoms with Gasteiger partial charge in [-0.1, -0.05) is 6.07 Å². The fraction of sp³-hybridized carbons (Fsp3) is 0.571. The van der Waals surface area contributed by atoms with Crippen LogP contribution in [0.4, 0.5) is 0 Å². The average Bonchev–Trinajstić information content (AvgIpc) is 2.36. The monoisotopic (exact) mass is 285 g/mol. The van der Waals surface area contributed by atoms with Crippen molar-refractivity contribution >= 4 is 11.8 Å². The maximum atomic E-state index is 10.1. The first-order chi connectivity index (χ1) is 8.89. The van der Waals surface area contributed by atoms with Gasteiger partial charge in [0.2, 0.25) is 0 Å². The van der Waals surface area contributed by atoms with Gasteiger partial charge >= 0.3 is 0 Å². The minimum Gasteiger partial charge on any atom is -0.507 e. The second-order valence-electron chi connectivity index (χ2n) is 4.96. The Balaban J connectivity index is 2.65. The molecule has 19 heavy (non-hydrogen) atoms. The van der Waals surface area contributed by atoms with Crippen LogP contribution < -0.4 is 10.1 Å². The molecule has 5 heteroatoms. The Bertz CT molecular complexity index is 410. The highest BCUT2D eigenvalue weighted by Gasteiger charge is 2.21. The van der Waals surface area contributed by atoms with Crippen molar-refractivity contribution in [2.45, 2.75) is 25.5 Å². The highest BCUT2D eigenvalue weighted by Crippen LogP contribution is 2.28. The Morgan fingerprint density at radius 2 is 2.16 bits per heavy atom. The number of nitrogens with one attached hydrogen (secondary N) is 1. The van der Waals surface area contributed by atoms with Crippen molar-refractivity contribution in [3.63, 3.8) is 0 Å². The molecule has 0 heterocycles. The fourth-order valence-corrected chi connectivity index (χ4v) is 2.59. The summed E-state index contributed by atoms with van der Waals surface area (Å²) in [6.07, 6.45) is 1.97. The van der Waals surface area contributed by atoms with Crippen LogP contribution in [0, 0.1) is 0 Å². The zero-order valence-corrected chi connectivity index (χ0v) is 12.8. The molecule has 0 fully saturated rings. The first-order valence-corrected chi connectivity index (χ1v) is 7.60. The molecule has 3 N–H and O–H groups in total. The normalized spacial score (nSPS) is 15.8. The van der Waals surface area contributed by atoms with Crippen LogP contribution in [-0.4, -0.2) is 41.5 Å². The van der Waals surface area contributed by atoms with E-state index in [2.05, 4.69) is 5.32 Å². The number of hydrogen-bond acceptors (Lipinski definition) is 5. The van der Waals surface area contributed by atoms with Crippen LogP contribution in [0.3, 0.4) is 0 Å². The van der Waals surface area contributed by atoms with E-state index in [4.69, 9.17) is 4.74 Å². The molecule has 0 spiro atoms. The molecule has 0 saturated carbocycles. The van der Waals surface area contributed by atoms with E-state index in [-0.39, 0.29) is 11.8 Å². The van der Waals surface area contributed by atoms with Crippen molar-refractivity contribution in [3.8, 4) is 11.5 Å². The van der Waals surface area contributed by atoms with E-state index in [1.165, 1.54) is 0 Å². The number of phenolic OH excluding ortho intramolecular Hbond substituents is 1. The molecule has 0 aliphatic carbocycles. The molecule has 0 aliphatic heterocycles. The smallest absolute Gasteiger partial charge is 0.124 e. The summed E-state index contributed by atoms with van der Waals surface area (Å²) in [7, 11) is 1.57. The lowest BCUT2D eigenvalue weighted by Gasteiger charge is -2.25. The van der Waals surface area contributed by atoms with Gasteiger partial charge in [-0.25, -0.2) is 0 Å². The second kappa shape index (κ2) is 7.03. The Hall–Kier alpha value is -0.910. The van der Waals surface area contributed by atoms with Crippen LogP contribution in [0.5, 0.6) is 11.5 Å². The molecule has 1 aromatic carbocycles. The molecule has 0 amide bonds. The topological polar surface area (TPSA) is 61.7 Å². The van der Waals surface area contributed by atoms with E-state index in [1.807, 2.05) is 25.3 Å². The van der Waals surface area contributed by atoms with Crippen LogP contribution in [0.25, 0.3) is 0 Å². The number of methoxy groups -OCH3 is 1. The first-order valence-electron chi connectivity index (χ1n) is 6.21. The maximum absolute atomic E-state index is 10.1. The van der Waals surface area contributed by atoms with Crippen molar-refractivity contribution in [2.75, 3.05) is 25.7 Å². The average molecular weight is 285 g/mol. The van der Waals surface area contributed by atoms with Gasteiger partial charge in [0.05, 0.1) is 12.7 Å². The third-order valence-electron chi connectivity index (χ3n) is 2.95. The molecule has 2 unspecified atom stereocenters. The van der Waals surface area contributed by atoms with E-state index >= 15 is 0 Å². The predicted molar refractivity (Wildman–Crippen MR) is 80.1 cm³/mol. The number of rotatable bonds is 7. The number of phenols is 1. The van der Waals surface area contributed by atoms with Crippen molar-refractivity contribution < 1.29 is 14.9 Å². The van der Waals surface area contributed by atoms with Crippen molar-refractivity contribution in [1.82, 2.24) is 5.32 Å². The van der Waals surface area contributed by atoms with Crippen LogP contribution in [0.15, 0.2) is 18.2 Å². The molecule has 2 atom stereocenters. The molecule has 1 rings (SSSR count). The minimum absolute atomic E-state index is 0.0424. The van der Waals surface area contributed by atoms with E-state index < -0.39 is 5.60 Å². The molecule has 0 bridgehead atoms. The number of aliphatic hydroxyl groups is 1. The number of aromatic hydroxyl groups is 1. The highest BCUT2D eigenvalue weighted by molar-refractivity contribution is 7.98. The van der Waals surface area contributed by atoms with Gasteiger partial charge in [0.15, 0.2) is 0 Å². The standard InChI is InChI=1S/C14H23NO3S/c1-10(15-8-14(2,17)9-19-4)12-6-5-11(18-3)7-13(12)16/h5-7,10,15-17H,8-9H2,1-4H3. The molecule has 0 aromatic heterocycles. The number of hydrogen-bond donors (Lipinski definition) is 3. The largest absolute Gasteiger partial charge is 0.507 e. The minimum atomic E-state index is -0.754. The third-order valence-corrected chi connectivity index (χ3v) is 3.86. The molecular weight excluding hydrogens is 262 g/mol. The van der Waals surface area contributed by atoms with Gasteiger partial charge in [0.1, 0.15) is 11.5 Å². The Labute approximate surface area is 119 Å². The summed E-state index contributed by atoms with van der Waals surface area (Å²) in [6, 6.07) is 5.19. The predicted octanol–water partition coefficient (Wildman–Crippen LogP) is 2.17. The molecular formula is C14H23NO3S. The lowest BCUT2D eigenvalue weighted by molar-refractivity contribution is 0.0819. The fourth-order valence-electron chi connectivity index (χ4n) is 1.86. The van der Waals surface area contributed by atoms with E-state index in [0.717, 1.165) is 5.56 Å². The molecule has 0 radical (unpaired) electrons. The summed E-state index contributed by atoms with van der Waals surface area (Å²) in [4.78, 5) is 0. The van der Waals surface area contributed by atoms with Crippen molar-refractivity contribution in [3.05, 3.63) is 23.8 Å². The van der Waals surface area contributed by atoms with Gasteiger partial charge in [-0.15, -0.1) is 0 Å². The number of benzene rings is 1. The first kappa shape index (κ1) is 16.1. The quantitative estimate of drug-likeness (QED) is 0.716. The summed E-state index contributed by atoms with van der Waals surface area (Å²) >= 11 is 1.61. The van der Waals surface area contributed by atoms with Crippen LogP contribution >= 0.6 is 11.8 Å². The number of ether oxygens (including phenoxy) is 1. The Morgan fingerprint density at radius 1 is 1.47 bits per heavy atom. The lowest BCUT2D eigenvalue weighted by Crippen LogP contribution is -2.40. The summed E-state index contributed by atoms with van der Waals surface area (Å²) in [5.41, 5.74) is 0.0382. The Morgan fingerprint density at radius 3 is 2.68 bits per heavy atom. The molecule has 108 valence electrons. The van der Waals surface area contributed by atoms with Crippen LogP contribution in [0.1, 0.15) is 25.5 Å². The van der Waals surface area contributed by atoms with Crippen molar-refractivity contribution in [1.29, 1.82) is 0 Å². The van der Waals surface area contributed by atoms with E-state index in [0.29, 0.717) is 18.0 Å². The van der Waals surface area contributed by atoms with Gasteiger partial charge in [-0.3, -0.25) is 0 Å². The summed E-state index contributed by atoms with van der Waals surface area (Å²) < 4.78 is 5.05. The molecule has 0 saturated heterocycles. The van der Waals surface area contributed by atoms with Crippen molar-refractivity contribution in [2.24, 2.45) is 0 Å². The lowest BCUT2D eigenvalue weighted by atomic mass is 10.0. The maximum Gasteiger partial charge on any atom is 0.124 e. The van der Waals surface area contributed by atoms with Gasteiger partial charge in [0.25, 0.3) is 0 Å². The SMILES string of the molecule is COc1ccc(C(C)NCC(C)(O)CSC)c(O)c1. The highest BCUT2D eigenvalue weighted by atomic mass is 32.2. The third kappa shape index (κ3) is 4.93. The zero-order valence-electron chi connectivity index (χ0n) is 11.9. The van der Waals surface area contributed by atoms with Gasteiger partial charge in [0, 0.05) is 30.0 Å². The summed E-state index contributed by atoms with van der Waals surface area (Å²) in [5, 5.41) is 23.3. The summed E-state index contributed by atoms with van der Waals surface area (Å²) in [6.45, 7) is 4.23. The van der Waals surface area contributed by atoms with Gasteiger partial charge < -0.3 is 20.3 Å². The zero-order chi connectivity index (χ0) is 14.5. The Kier molecular flexibility index (Phi) is 5.97.